The van der Waals surface area contributed by atoms with E-state index in [-0.39, 0.29) is 28.4 Å². The van der Waals surface area contributed by atoms with Gasteiger partial charge in [0, 0.05) is 5.56 Å². The number of Topliss-reactive ketones (excluding diaryl/α,β-unsaturated/α-hetero) is 1. The molecule has 1 atom stereocenters. The normalized spacial score (nSPS) is 11.8. The maximum atomic E-state index is 13.8. The Bertz CT molecular complexity index is 990. The molecule has 0 spiro atoms. The van der Waals surface area contributed by atoms with Gasteiger partial charge in [-0.2, -0.15) is 0 Å². The lowest BCUT2D eigenvalue weighted by Gasteiger charge is -2.12. The summed E-state index contributed by atoms with van der Waals surface area (Å²) >= 11 is 1.05. The van der Waals surface area contributed by atoms with Crippen LogP contribution in [0.5, 0.6) is 0 Å². The largest absolute Gasteiger partial charge is 0.411 e. The maximum absolute atomic E-state index is 13.8. The predicted octanol–water partition coefficient (Wildman–Crippen LogP) is 4.20. The number of anilines is 1. The third kappa shape index (κ3) is 4.40. The van der Waals surface area contributed by atoms with Crippen molar-refractivity contribution >= 4 is 29.1 Å². The number of para-hydroxylation sites is 1. The Morgan fingerprint density at radius 1 is 1.11 bits per heavy atom. The highest BCUT2D eigenvalue weighted by Crippen LogP contribution is 2.28. The molecule has 3 rings (SSSR count). The molecule has 0 radical (unpaired) electrons. The highest BCUT2D eigenvalue weighted by Gasteiger charge is 2.21. The molecule has 27 heavy (non-hydrogen) atoms. The number of ketones is 1. The van der Waals surface area contributed by atoms with Gasteiger partial charge in [-0.3, -0.25) is 9.59 Å². The third-order valence-corrected chi connectivity index (χ3v) is 4.66. The SMILES string of the molecule is CC(=O)c1ccccc1NC(=O)[C@@H](C)Sc1nnc(-c2ccccc2F)o1. The fraction of sp³-hybridized carbons (Fsp3) is 0.158. The molecule has 0 fully saturated rings. The smallest absolute Gasteiger partial charge is 0.277 e. The highest BCUT2D eigenvalue weighted by atomic mass is 32.2. The van der Waals surface area contributed by atoms with Crippen molar-refractivity contribution in [2.45, 2.75) is 24.3 Å². The number of halogens is 1. The molecular formula is C19H16FN3O3S. The molecular weight excluding hydrogens is 369 g/mol. The van der Waals surface area contributed by atoms with Gasteiger partial charge in [-0.25, -0.2) is 4.39 Å². The van der Waals surface area contributed by atoms with Gasteiger partial charge in [0.15, 0.2) is 5.78 Å². The molecule has 0 unspecified atom stereocenters. The average Bonchev–Trinajstić information content (AvgIpc) is 3.10. The predicted molar refractivity (Wildman–Crippen MR) is 100 cm³/mol. The maximum Gasteiger partial charge on any atom is 0.277 e. The van der Waals surface area contributed by atoms with Crippen molar-refractivity contribution in [3.63, 3.8) is 0 Å². The van der Waals surface area contributed by atoms with Crippen molar-refractivity contribution in [3.8, 4) is 11.5 Å². The van der Waals surface area contributed by atoms with E-state index in [0.717, 1.165) is 11.8 Å². The van der Waals surface area contributed by atoms with Crippen LogP contribution in [0.1, 0.15) is 24.2 Å². The Morgan fingerprint density at radius 2 is 1.81 bits per heavy atom. The molecule has 3 aromatic rings. The van der Waals surface area contributed by atoms with Crippen molar-refractivity contribution < 1.29 is 18.4 Å². The summed E-state index contributed by atoms with van der Waals surface area (Å²) in [5, 5.41) is 9.99. The van der Waals surface area contributed by atoms with E-state index in [1.807, 2.05) is 0 Å². The molecule has 0 saturated carbocycles. The lowest BCUT2D eigenvalue weighted by Crippen LogP contribution is -2.23. The second kappa shape index (κ2) is 8.13. The van der Waals surface area contributed by atoms with Crippen molar-refractivity contribution in [1.29, 1.82) is 0 Å². The zero-order valence-corrected chi connectivity index (χ0v) is 15.4. The summed E-state index contributed by atoms with van der Waals surface area (Å²) < 4.78 is 19.2. The number of hydrogen-bond acceptors (Lipinski definition) is 6. The number of carbonyl (C=O) groups excluding carboxylic acids is 2. The van der Waals surface area contributed by atoms with Crippen LogP contribution in [0.25, 0.3) is 11.5 Å². The molecule has 0 aliphatic carbocycles. The summed E-state index contributed by atoms with van der Waals surface area (Å²) in [4.78, 5) is 24.1. The summed E-state index contributed by atoms with van der Waals surface area (Å²) in [6.45, 7) is 3.11. The molecule has 1 amide bonds. The third-order valence-electron chi connectivity index (χ3n) is 3.72. The van der Waals surface area contributed by atoms with E-state index < -0.39 is 11.1 Å². The number of carbonyl (C=O) groups is 2. The van der Waals surface area contributed by atoms with Crippen LogP contribution in [0.4, 0.5) is 10.1 Å². The summed E-state index contributed by atoms with van der Waals surface area (Å²) in [5.74, 6) is -0.883. The molecule has 0 aliphatic rings. The second-order valence-electron chi connectivity index (χ2n) is 5.70. The summed E-state index contributed by atoms with van der Waals surface area (Å²) in [5.41, 5.74) is 1.08. The van der Waals surface area contributed by atoms with Gasteiger partial charge in [-0.1, -0.05) is 36.0 Å². The van der Waals surface area contributed by atoms with Crippen molar-refractivity contribution in [1.82, 2.24) is 10.2 Å². The lowest BCUT2D eigenvalue weighted by atomic mass is 10.1. The fourth-order valence-corrected chi connectivity index (χ4v) is 3.02. The first kappa shape index (κ1) is 18.8. The van der Waals surface area contributed by atoms with Gasteiger partial charge < -0.3 is 9.73 Å². The molecule has 1 aromatic heterocycles. The van der Waals surface area contributed by atoms with Gasteiger partial charge in [-0.05, 0) is 38.1 Å². The van der Waals surface area contributed by atoms with E-state index in [1.165, 1.54) is 19.1 Å². The molecule has 6 nitrogen and oxygen atoms in total. The molecule has 8 heteroatoms. The minimum atomic E-state index is -0.570. The zero-order valence-electron chi connectivity index (χ0n) is 14.6. The van der Waals surface area contributed by atoms with E-state index in [0.29, 0.717) is 11.3 Å². The van der Waals surface area contributed by atoms with E-state index in [4.69, 9.17) is 4.42 Å². The van der Waals surface area contributed by atoms with E-state index >= 15 is 0 Å². The molecule has 0 bridgehead atoms. The van der Waals surface area contributed by atoms with Gasteiger partial charge in [0.2, 0.25) is 5.91 Å². The van der Waals surface area contributed by atoms with Crippen LogP contribution in [0.3, 0.4) is 0 Å². The first-order valence-corrected chi connectivity index (χ1v) is 8.99. The first-order valence-electron chi connectivity index (χ1n) is 8.11. The molecule has 0 aliphatic heterocycles. The highest BCUT2D eigenvalue weighted by molar-refractivity contribution is 8.00. The summed E-state index contributed by atoms with van der Waals surface area (Å²) in [7, 11) is 0. The van der Waals surface area contributed by atoms with Crippen molar-refractivity contribution in [2.75, 3.05) is 5.32 Å². The second-order valence-corrected chi connectivity index (χ2v) is 7.00. The Labute approximate surface area is 159 Å². The molecule has 138 valence electrons. The topological polar surface area (TPSA) is 85.1 Å². The number of amides is 1. The average molecular weight is 385 g/mol. The molecule has 1 heterocycles. The van der Waals surface area contributed by atoms with E-state index in [9.17, 15) is 14.0 Å². The van der Waals surface area contributed by atoms with Crippen LogP contribution in [-0.4, -0.2) is 27.1 Å². The summed E-state index contributed by atoms with van der Waals surface area (Å²) in [6, 6.07) is 12.8. The van der Waals surface area contributed by atoms with Crippen LogP contribution in [0.15, 0.2) is 58.2 Å². The standard InChI is InChI=1S/C19H16FN3O3S/c1-11(24)13-7-4-6-10-16(13)21-17(25)12(2)27-19-23-22-18(26-19)14-8-3-5-9-15(14)20/h3-10,12H,1-2H3,(H,21,25)/t12-/m1/s1. The Kier molecular flexibility index (Phi) is 5.66. The lowest BCUT2D eigenvalue weighted by molar-refractivity contribution is -0.115. The number of nitrogens with zero attached hydrogens (tertiary/aromatic N) is 2. The van der Waals surface area contributed by atoms with Crippen molar-refractivity contribution in [3.05, 3.63) is 59.9 Å². The quantitative estimate of drug-likeness (QED) is 0.506. The minimum Gasteiger partial charge on any atom is -0.411 e. The van der Waals surface area contributed by atoms with Gasteiger partial charge >= 0.3 is 0 Å². The van der Waals surface area contributed by atoms with E-state index in [2.05, 4.69) is 15.5 Å². The number of nitrogens with one attached hydrogen (secondary N) is 1. The number of rotatable bonds is 6. The zero-order chi connectivity index (χ0) is 19.4. The monoisotopic (exact) mass is 385 g/mol. The fourth-order valence-electron chi connectivity index (χ4n) is 2.34. The Hall–Kier alpha value is -3.00. The van der Waals surface area contributed by atoms with Crippen molar-refractivity contribution in [2.24, 2.45) is 0 Å². The molecule has 0 saturated heterocycles. The number of benzene rings is 2. The summed E-state index contributed by atoms with van der Waals surface area (Å²) in [6.07, 6.45) is 0. The van der Waals surface area contributed by atoms with Gasteiger partial charge in [0.25, 0.3) is 11.1 Å². The Balaban J connectivity index is 1.69. The minimum absolute atomic E-state index is 0.0464. The number of hydrogen-bond donors (Lipinski definition) is 1. The van der Waals surface area contributed by atoms with Gasteiger partial charge in [-0.15, -0.1) is 10.2 Å². The van der Waals surface area contributed by atoms with Crippen LogP contribution < -0.4 is 5.32 Å². The van der Waals surface area contributed by atoms with Crippen LogP contribution >= 0.6 is 11.8 Å². The molecule has 2 aromatic carbocycles. The van der Waals surface area contributed by atoms with Crippen LogP contribution in [-0.2, 0) is 4.79 Å². The first-order chi connectivity index (χ1) is 13.0. The van der Waals surface area contributed by atoms with Gasteiger partial charge in [0.1, 0.15) is 5.82 Å². The Morgan fingerprint density at radius 3 is 2.56 bits per heavy atom. The van der Waals surface area contributed by atoms with Crippen LogP contribution in [0, 0.1) is 5.82 Å². The van der Waals surface area contributed by atoms with E-state index in [1.54, 1.807) is 43.3 Å². The number of thioether (sulfide) groups is 1. The number of aromatic nitrogens is 2. The molecule has 1 N–H and O–H groups in total. The van der Waals surface area contributed by atoms with Crippen LogP contribution in [0.2, 0.25) is 0 Å². The van der Waals surface area contributed by atoms with Gasteiger partial charge in [0.05, 0.1) is 16.5 Å².